The van der Waals surface area contributed by atoms with E-state index < -0.39 is 11.7 Å². The molecule has 0 aromatic rings. The number of hydrogen-bond donors (Lipinski definition) is 3. The predicted octanol–water partition coefficient (Wildman–Crippen LogP) is 1.37. The highest BCUT2D eigenvalue weighted by molar-refractivity contribution is 5.33. The van der Waals surface area contributed by atoms with Crippen molar-refractivity contribution < 1.29 is 8.78 Å². The first kappa shape index (κ1) is 14.4. The molecule has 0 radical (unpaired) electrons. The van der Waals surface area contributed by atoms with Crippen molar-refractivity contribution in [1.29, 1.82) is 0 Å². The zero-order valence-corrected chi connectivity index (χ0v) is 12.4. The SMILES string of the molecule is CC(C)C1CN(C2=CNC3C=C(F)C(F)=CC3N2)CCN1. The van der Waals surface area contributed by atoms with Crippen LogP contribution in [0.5, 0.6) is 0 Å². The summed E-state index contributed by atoms with van der Waals surface area (Å²) in [4.78, 5) is 2.25. The van der Waals surface area contributed by atoms with Gasteiger partial charge < -0.3 is 20.9 Å². The minimum Gasteiger partial charge on any atom is -0.379 e. The van der Waals surface area contributed by atoms with Crippen molar-refractivity contribution in [1.82, 2.24) is 20.9 Å². The van der Waals surface area contributed by atoms with Gasteiger partial charge in [0.1, 0.15) is 5.82 Å². The lowest BCUT2D eigenvalue weighted by Gasteiger charge is -2.42. The van der Waals surface area contributed by atoms with Crippen molar-refractivity contribution in [3.63, 3.8) is 0 Å². The van der Waals surface area contributed by atoms with Gasteiger partial charge >= 0.3 is 0 Å². The van der Waals surface area contributed by atoms with Gasteiger partial charge in [-0.3, -0.25) is 0 Å². The van der Waals surface area contributed by atoms with E-state index in [9.17, 15) is 8.78 Å². The van der Waals surface area contributed by atoms with E-state index in [1.54, 1.807) is 0 Å². The maximum atomic E-state index is 13.4. The van der Waals surface area contributed by atoms with Crippen LogP contribution in [0.3, 0.4) is 0 Å². The number of hydrogen-bond acceptors (Lipinski definition) is 4. The average molecular weight is 296 g/mol. The Balaban J connectivity index is 1.71. The van der Waals surface area contributed by atoms with Gasteiger partial charge in [0.05, 0.1) is 12.1 Å². The third-order valence-electron chi connectivity index (χ3n) is 4.34. The summed E-state index contributed by atoms with van der Waals surface area (Å²) in [5, 5.41) is 9.96. The first-order valence-electron chi connectivity index (χ1n) is 7.50. The van der Waals surface area contributed by atoms with Crippen LogP contribution in [0.4, 0.5) is 8.78 Å². The molecule has 3 unspecified atom stereocenters. The third kappa shape index (κ3) is 2.90. The highest BCUT2D eigenvalue weighted by Crippen LogP contribution is 2.24. The van der Waals surface area contributed by atoms with Crippen molar-refractivity contribution in [2.24, 2.45) is 5.92 Å². The van der Waals surface area contributed by atoms with Crippen molar-refractivity contribution in [2.45, 2.75) is 32.0 Å². The number of nitrogens with one attached hydrogen (secondary N) is 3. The molecule has 4 nitrogen and oxygen atoms in total. The molecule has 0 saturated carbocycles. The fourth-order valence-electron chi connectivity index (χ4n) is 2.98. The van der Waals surface area contributed by atoms with Crippen LogP contribution < -0.4 is 16.0 Å². The third-order valence-corrected chi connectivity index (χ3v) is 4.34. The molecule has 6 heteroatoms. The summed E-state index contributed by atoms with van der Waals surface area (Å²) in [5.41, 5.74) is 0. The minimum atomic E-state index is -0.788. The van der Waals surface area contributed by atoms with Crippen molar-refractivity contribution >= 4 is 0 Å². The molecule has 2 heterocycles. The van der Waals surface area contributed by atoms with Gasteiger partial charge in [-0.1, -0.05) is 13.8 Å². The van der Waals surface area contributed by atoms with E-state index >= 15 is 0 Å². The number of piperazine rings is 1. The van der Waals surface area contributed by atoms with Gasteiger partial charge in [-0.2, -0.15) is 0 Å². The van der Waals surface area contributed by atoms with Gasteiger partial charge in [-0.05, 0) is 18.1 Å². The molecule has 0 aromatic carbocycles. The Morgan fingerprint density at radius 3 is 2.62 bits per heavy atom. The molecule has 3 atom stereocenters. The molecular weight excluding hydrogens is 274 g/mol. The molecule has 0 amide bonds. The second-order valence-electron chi connectivity index (χ2n) is 6.17. The molecule has 3 N–H and O–H groups in total. The number of fused-ring (bicyclic) bond motifs is 1. The summed E-state index contributed by atoms with van der Waals surface area (Å²) in [5.74, 6) is -0.0680. The van der Waals surface area contributed by atoms with E-state index in [4.69, 9.17) is 0 Å². The second-order valence-corrected chi connectivity index (χ2v) is 6.17. The molecule has 2 aliphatic heterocycles. The zero-order chi connectivity index (χ0) is 15.0. The van der Waals surface area contributed by atoms with Gasteiger partial charge in [-0.25, -0.2) is 8.78 Å². The Kier molecular flexibility index (Phi) is 3.89. The highest BCUT2D eigenvalue weighted by Gasteiger charge is 2.31. The van der Waals surface area contributed by atoms with E-state index in [1.165, 1.54) is 12.2 Å². The molecule has 21 heavy (non-hydrogen) atoms. The molecule has 116 valence electrons. The molecule has 1 fully saturated rings. The van der Waals surface area contributed by atoms with Crippen LogP contribution in [0.1, 0.15) is 13.8 Å². The average Bonchev–Trinajstić information content (AvgIpc) is 2.48. The van der Waals surface area contributed by atoms with Crippen LogP contribution in [0.2, 0.25) is 0 Å². The van der Waals surface area contributed by atoms with E-state index in [2.05, 4.69) is 34.7 Å². The topological polar surface area (TPSA) is 39.3 Å². The molecule has 1 saturated heterocycles. The fourth-order valence-corrected chi connectivity index (χ4v) is 2.98. The summed E-state index contributed by atoms with van der Waals surface area (Å²) in [6, 6.07) is -0.0518. The minimum absolute atomic E-state index is 0.239. The van der Waals surface area contributed by atoms with Gasteiger partial charge in [0.15, 0.2) is 11.7 Å². The Morgan fingerprint density at radius 2 is 1.90 bits per heavy atom. The van der Waals surface area contributed by atoms with E-state index in [0.717, 1.165) is 25.5 Å². The highest BCUT2D eigenvalue weighted by atomic mass is 19.2. The first-order valence-corrected chi connectivity index (χ1v) is 7.50. The van der Waals surface area contributed by atoms with Crippen molar-refractivity contribution in [2.75, 3.05) is 19.6 Å². The van der Waals surface area contributed by atoms with Crippen LogP contribution in [0, 0.1) is 5.92 Å². The lowest BCUT2D eigenvalue weighted by Crippen LogP contribution is -2.58. The van der Waals surface area contributed by atoms with Crippen LogP contribution >= 0.6 is 0 Å². The first-order chi connectivity index (χ1) is 10.0. The molecule has 1 aliphatic carbocycles. The second kappa shape index (κ2) is 5.67. The van der Waals surface area contributed by atoms with Gasteiger partial charge in [0, 0.05) is 31.9 Å². The quantitative estimate of drug-likeness (QED) is 0.720. The monoisotopic (exact) mass is 296 g/mol. The number of halogens is 2. The Morgan fingerprint density at radius 1 is 1.19 bits per heavy atom. The summed E-state index contributed by atoms with van der Waals surface area (Å²) >= 11 is 0. The molecule has 0 aromatic heterocycles. The van der Waals surface area contributed by atoms with Gasteiger partial charge in [-0.15, -0.1) is 0 Å². The summed E-state index contributed by atoms with van der Waals surface area (Å²) in [6.07, 6.45) is 4.46. The molecule has 0 spiro atoms. The van der Waals surface area contributed by atoms with E-state index in [-0.39, 0.29) is 12.1 Å². The van der Waals surface area contributed by atoms with Crippen LogP contribution in [-0.2, 0) is 0 Å². The Bertz CT molecular complexity index is 498. The Hall–Kier alpha value is -1.56. The van der Waals surface area contributed by atoms with Crippen molar-refractivity contribution in [3.05, 3.63) is 35.8 Å². The lowest BCUT2D eigenvalue weighted by molar-refractivity contribution is 0.194. The largest absolute Gasteiger partial charge is 0.379 e. The van der Waals surface area contributed by atoms with E-state index in [1.807, 2.05) is 6.20 Å². The standard InChI is InChI=1S/C15H22F2N4/c1-9(2)14-8-21(4-3-18-14)15-7-19-12-5-10(16)11(17)6-13(12)20-15/h5-7,9,12-14,18-20H,3-4,8H2,1-2H3. The van der Waals surface area contributed by atoms with Gasteiger partial charge in [0.2, 0.25) is 0 Å². The zero-order valence-electron chi connectivity index (χ0n) is 12.4. The van der Waals surface area contributed by atoms with Crippen molar-refractivity contribution in [3.8, 4) is 0 Å². The summed E-state index contributed by atoms with van der Waals surface area (Å²) in [7, 11) is 0. The summed E-state index contributed by atoms with van der Waals surface area (Å²) in [6.45, 7) is 7.13. The molecule has 3 aliphatic rings. The van der Waals surface area contributed by atoms with Crippen LogP contribution in [0.15, 0.2) is 35.8 Å². The number of nitrogens with zero attached hydrogens (tertiary/aromatic N) is 1. The van der Waals surface area contributed by atoms with E-state index in [0.29, 0.717) is 12.0 Å². The number of rotatable bonds is 2. The molecule has 0 bridgehead atoms. The normalized spacial score (nSPS) is 32.5. The van der Waals surface area contributed by atoms with Crippen LogP contribution in [-0.4, -0.2) is 42.7 Å². The fraction of sp³-hybridized carbons (Fsp3) is 0.600. The predicted molar refractivity (Wildman–Crippen MR) is 78.5 cm³/mol. The maximum absolute atomic E-state index is 13.4. The lowest BCUT2D eigenvalue weighted by atomic mass is 9.99. The molecule has 3 rings (SSSR count). The molecular formula is C15H22F2N4. The summed E-state index contributed by atoms with van der Waals surface area (Å²) < 4.78 is 26.6. The van der Waals surface area contributed by atoms with Gasteiger partial charge in [0.25, 0.3) is 0 Å². The van der Waals surface area contributed by atoms with Crippen LogP contribution in [0.25, 0.3) is 0 Å². The number of allylic oxidation sites excluding steroid dienone is 2. The Labute approximate surface area is 124 Å². The smallest absolute Gasteiger partial charge is 0.156 e. The maximum Gasteiger partial charge on any atom is 0.156 e.